The molecule has 0 spiro atoms. The molecule has 2 atom stereocenters. The molecule has 0 saturated heterocycles. The van der Waals surface area contributed by atoms with Gasteiger partial charge >= 0.3 is 18.0 Å². The molecule has 0 radical (unpaired) electrons. The lowest BCUT2D eigenvalue weighted by atomic mass is 10.0. The first kappa shape index (κ1) is 34.3. The number of nitrogens with zero attached hydrogens (tertiary/aromatic N) is 1. The standard InChI is InChI=1S/C34H43NO8Si/c1-24(36)42-29-21-27(19-20-28(29)40-22-25-15-11-9-12-16-25)31(43-44(7,8)34(2,3)4)30(32(37)39-6)35(5)33(38)41-23-26-17-13-10-14-18-26/h9-21,30-31H,22-23H2,1-8H3/t30-,31+/m0/s1. The van der Waals surface area contributed by atoms with Crippen molar-refractivity contribution in [1.82, 2.24) is 4.90 Å². The number of rotatable bonds is 12. The van der Waals surface area contributed by atoms with Crippen LogP contribution in [0.5, 0.6) is 11.5 Å². The number of amides is 1. The highest BCUT2D eigenvalue weighted by Gasteiger charge is 2.45. The molecule has 0 N–H and O–H groups in total. The number of likely N-dealkylation sites (N-methyl/N-ethyl adjacent to an activating group) is 1. The molecule has 0 heterocycles. The Kier molecular flexibility index (Phi) is 11.7. The van der Waals surface area contributed by atoms with Gasteiger partial charge in [-0.15, -0.1) is 0 Å². The van der Waals surface area contributed by atoms with Crippen LogP contribution >= 0.6 is 0 Å². The summed E-state index contributed by atoms with van der Waals surface area (Å²) in [5, 5.41) is -0.240. The molecular weight excluding hydrogens is 578 g/mol. The zero-order valence-corrected chi connectivity index (χ0v) is 27.8. The van der Waals surface area contributed by atoms with Crippen LogP contribution in [-0.2, 0) is 36.7 Å². The number of ether oxygens (including phenoxy) is 4. The van der Waals surface area contributed by atoms with Crippen LogP contribution in [0.4, 0.5) is 4.79 Å². The van der Waals surface area contributed by atoms with Gasteiger partial charge in [-0.1, -0.05) is 87.5 Å². The summed E-state index contributed by atoms with van der Waals surface area (Å²) in [6, 6.07) is 22.6. The second kappa shape index (κ2) is 15.0. The molecule has 44 heavy (non-hydrogen) atoms. The van der Waals surface area contributed by atoms with Gasteiger partial charge in [0, 0.05) is 14.0 Å². The second-order valence-corrected chi connectivity index (χ2v) is 16.7. The smallest absolute Gasteiger partial charge is 0.410 e. The molecule has 3 aromatic rings. The van der Waals surface area contributed by atoms with E-state index in [1.165, 1.54) is 26.0 Å². The normalized spacial score (nSPS) is 12.9. The molecule has 0 saturated carbocycles. The molecule has 0 bridgehead atoms. The number of carbonyl (C=O) groups excluding carboxylic acids is 3. The monoisotopic (exact) mass is 621 g/mol. The van der Waals surface area contributed by atoms with E-state index in [2.05, 4.69) is 20.8 Å². The average molecular weight is 622 g/mol. The molecule has 3 aromatic carbocycles. The lowest BCUT2D eigenvalue weighted by Crippen LogP contribution is -2.52. The Morgan fingerprint density at radius 2 is 1.41 bits per heavy atom. The Hall–Kier alpha value is -4.15. The van der Waals surface area contributed by atoms with Crippen molar-refractivity contribution in [1.29, 1.82) is 0 Å². The van der Waals surface area contributed by atoms with E-state index >= 15 is 0 Å². The third-order valence-electron chi connectivity index (χ3n) is 7.65. The van der Waals surface area contributed by atoms with Crippen molar-refractivity contribution in [2.75, 3.05) is 14.2 Å². The Morgan fingerprint density at radius 3 is 1.93 bits per heavy atom. The summed E-state index contributed by atoms with van der Waals surface area (Å²) < 4.78 is 29.2. The molecule has 1 amide bonds. The van der Waals surface area contributed by atoms with Crippen LogP contribution in [0.2, 0.25) is 18.1 Å². The first-order valence-corrected chi connectivity index (χ1v) is 17.3. The molecule has 0 aliphatic rings. The maximum Gasteiger partial charge on any atom is 0.410 e. The molecule has 0 unspecified atom stereocenters. The Balaban J connectivity index is 2.04. The summed E-state index contributed by atoms with van der Waals surface area (Å²) in [5.74, 6) is -0.733. The minimum absolute atomic E-state index is 0.0235. The van der Waals surface area contributed by atoms with Gasteiger partial charge in [0.2, 0.25) is 0 Å². The molecule has 0 aliphatic heterocycles. The van der Waals surface area contributed by atoms with E-state index in [9.17, 15) is 14.4 Å². The van der Waals surface area contributed by atoms with Crippen molar-refractivity contribution in [3.05, 3.63) is 95.6 Å². The number of hydrogen-bond donors (Lipinski definition) is 0. The molecular formula is C34H43NO8Si. The van der Waals surface area contributed by atoms with E-state index < -0.39 is 38.5 Å². The van der Waals surface area contributed by atoms with Gasteiger partial charge in [0.15, 0.2) is 25.9 Å². The number of methoxy groups -OCH3 is 1. The van der Waals surface area contributed by atoms with E-state index in [1.54, 1.807) is 18.2 Å². The van der Waals surface area contributed by atoms with E-state index in [4.69, 9.17) is 23.4 Å². The van der Waals surface area contributed by atoms with Gasteiger partial charge < -0.3 is 23.4 Å². The number of esters is 2. The van der Waals surface area contributed by atoms with Crippen LogP contribution < -0.4 is 9.47 Å². The topological polar surface area (TPSA) is 101 Å². The number of benzene rings is 3. The van der Waals surface area contributed by atoms with Gasteiger partial charge in [0.1, 0.15) is 19.3 Å². The highest BCUT2D eigenvalue weighted by atomic mass is 28.4. The molecule has 0 aliphatic carbocycles. The fourth-order valence-corrected chi connectivity index (χ4v) is 5.39. The summed E-state index contributed by atoms with van der Waals surface area (Å²) in [4.78, 5) is 40.1. The summed E-state index contributed by atoms with van der Waals surface area (Å²) in [5.41, 5.74) is 2.23. The SMILES string of the molecule is COC(=O)[C@H]([C@H](O[Si](C)(C)C(C)(C)C)c1ccc(OCc2ccccc2)c(OC(C)=O)c1)N(C)C(=O)OCc1ccccc1. The quantitative estimate of drug-likeness (QED) is 0.120. The minimum Gasteiger partial charge on any atom is -0.485 e. The van der Waals surface area contributed by atoms with Crippen LogP contribution in [0.3, 0.4) is 0 Å². The first-order valence-electron chi connectivity index (χ1n) is 14.4. The van der Waals surface area contributed by atoms with Gasteiger partial charge in [-0.05, 0) is 47.0 Å². The van der Waals surface area contributed by atoms with Crippen molar-refractivity contribution < 1.29 is 37.8 Å². The maximum absolute atomic E-state index is 13.4. The molecule has 9 nitrogen and oxygen atoms in total. The average Bonchev–Trinajstić information content (AvgIpc) is 2.98. The fourth-order valence-electron chi connectivity index (χ4n) is 4.14. The van der Waals surface area contributed by atoms with Crippen LogP contribution in [-0.4, -0.2) is 51.4 Å². The maximum atomic E-state index is 13.4. The Bertz CT molecular complexity index is 1410. The summed E-state index contributed by atoms with van der Waals surface area (Å²) >= 11 is 0. The molecule has 10 heteroatoms. The van der Waals surface area contributed by atoms with Gasteiger partial charge in [-0.3, -0.25) is 9.69 Å². The lowest BCUT2D eigenvalue weighted by molar-refractivity contribution is -0.150. The third-order valence-corrected chi connectivity index (χ3v) is 12.1. The van der Waals surface area contributed by atoms with Crippen LogP contribution in [0.15, 0.2) is 78.9 Å². The molecule has 0 aromatic heterocycles. The molecule has 236 valence electrons. The van der Waals surface area contributed by atoms with Gasteiger partial charge in [0.05, 0.1) is 7.11 Å². The predicted molar refractivity (Wildman–Crippen MR) is 170 cm³/mol. The van der Waals surface area contributed by atoms with E-state index in [0.29, 0.717) is 11.3 Å². The van der Waals surface area contributed by atoms with E-state index in [-0.39, 0.29) is 24.0 Å². The molecule has 0 fully saturated rings. The summed E-state index contributed by atoms with van der Waals surface area (Å²) in [6.45, 7) is 11.9. The van der Waals surface area contributed by atoms with E-state index in [0.717, 1.165) is 11.1 Å². The largest absolute Gasteiger partial charge is 0.485 e. The van der Waals surface area contributed by atoms with Gasteiger partial charge in [-0.25, -0.2) is 9.59 Å². The van der Waals surface area contributed by atoms with E-state index in [1.807, 2.05) is 73.8 Å². The Morgan fingerprint density at radius 1 is 0.841 bits per heavy atom. The third kappa shape index (κ3) is 9.17. The summed E-state index contributed by atoms with van der Waals surface area (Å²) in [6.07, 6.45) is -1.72. The van der Waals surface area contributed by atoms with Crippen molar-refractivity contribution in [2.45, 2.75) is 71.2 Å². The minimum atomic E-state index is -2.57. The van der Waals surface area contributed by atoms with Crippen molar-refractivity contribution in [2.24, 2.45) is 0 Å². The summed E-state index contributed by atoms with van der Waals surface area (Å²) in [7, 11) is 0.158. The Labute approximate surface area is 261 Å². The second-order valence-electron chi connectivity index (χ2n) is 12.0. The zero-order chi connectivity index (χ0) is 32.5. The van der Waals surface area contributed by atoms with Crippen molar-refractivity contribution in [3.63, 3.8) is 0 Å². The van der Waals surface area contributed by atoms with Crippen molar-refractivity contribution in [3.8, 4) is 11.5 Å². The number of hydrogen-bond acceptors (Lipinski definition) is 8. The highest BCUT2D eigenvalue weighted by Crippen LogP contribution is 2.43. The predicted octanol–water partition coefficient (Wildman–Crippen LogP) is 7.06. The van der Waals surface area contributed by atoms with Crippen LogP contribution in [0, 0.1) is 0 Å². The fraction of sp³-hybridized carbons (Fsp3) is 0.382. The van der Waals surface area contributed by atoms with Crippen LogP contribution in [0.25, 0.3) is 0 Å². The van der Waals surface area contributed by atoms with Gasteiger partial charge in [-0.2, -0.15) is 0 Å². The first-order chi connectivity index (χ1) is 20.7. The van der Waals surface area contributed by atoms with Gasteiger partial charge in [0.25, 0.3) is 0 Å². The van der Waals surface area contributed by atoms with Crippen LogP contribution in [0.1, 0.15) is 50.5 Å². The number of carbonyl (C=O) groups is 3. The highest BCUT2D eigenvalue weighted by molar-refractivity contribution is 6.74. The lowest BCUT2D eigenvalue weighted by Gasteiger charge is -2.42. The van der Waals surface area contributed by atoms with Crippen molar-refractivity contribution >= 4 is 26.3 Å². The zero-order valence-electron chi connectivity index (χ0n) is 26.8. The molecule has 3 rings (SSSR count).